The molecule has 1 aliphatic heterocycles. The molecule has 0 spiro atoms. The highest BCUT2D eigenvalue weighted by atomic mass is 32.2. The summed E-state index contributed by atoms with van der Waals surface area (Å²) in [5.41, 5.74) is 2.03. The van der Waals surface area contributed by atoms with Crippen LogP contribution in [0.15, 0.2) is 64.9 Å². The Morgan fingerprint density at radius 3 is 2.80 bits per heavy atom. The van der Waals surface area contributed by atoms with Crippen molar-refractivity contribution in [2.75, 3.05) is 11.4 Å². The van der Waals surface area contributed by atoms with Gasteiger partial charge in [-0.2, -0.15) is 0 Å². The number of amides is 2. The molecule has 0 aromatic heterocycles. The molecule has 1 aliphatic carbocycles. The summed E-state index contributed by atoms with van der Waals surface area (Å²) in [4.78, 5) is 29.9. The lowest BCUT2D eigenvalue weighted by atomic mass is 9.78. The molecule has 1 fully saturated rings. The van der Waals surface area contributed by atoms with Crippen molar-refractivity contribution in [3.05, 3.63) is 66.2 Å². The summed E-state index contributed by atoms with van der Waals surface area (Å²) in [7, 11) is 0. The van der Waals surface area contributed by atoms with Crippen molar-refractivity contribution >= 4 is 29.3 Å². The molecular weight excluding hydrogens is 392 g/mol. The smallest absolute Gasteiger partial charge is 0.259 e. The van der Waals surface area contributed by atoms with Crippen molar-refractivity contribution in [2.24, 2.45) is 11.8 Å². The second-order valence-electron chi connectivity index (χ2n) is 8.33. The number of carbonyl (C=O) groups excluding carboxylic acids is 2. The molecule has 2 amide bonds. The van der Waals surface area contributed by atoms with Crippen molar-refractivity contribution in [3.63, 3.8) is 0 Å². The number of benzene rings is 2. The largest absolute Gasteiger partial charge is 0.349 e. The summed E-state index contributed by atoms with van der Waals surface area (Å²) < 4.78 is 0. The average Bonchev–Trinajstić information content (AvgIpc) is 2.86. The first-order valence-corrected chi connectivity index (χ1v) is 11.5. The third-order valence-corrected chi connectivity index (χ3v) is 7.57. The maximum atomic E-state index is 13.2. The Hall–Kier alpha value is -2.53. The minimum absolute atomic E-state index is 0.0657. The van der Waals surface area contributed by atoms with Gasteiger partial charge in [0.2, 0.25) is 0 Å². The molecule has 2 aliphatic rings. The summed E-state index contributed by atoms with van der Waals surface area (Å²) in [6.45, 7) is 8.70. The number of nitrogens with one attached hydrogen (secondary N) is 1. The minimum Gasteiger partial charge on any atom is -0.349 e. The van der Waals surface area contributed by atoms with Crippen LogP contribution in [0.1, 0.15) is 53.8 Å². The van der Waals surface area contributed by atoms with E-state index in [2.05, 4.69) is 25.7 Å². The highest BCUT2D eigenvalue weighted by Gasteiger charge is 2.30. The van der Waals surface area contributed by atoms with Gasteiger partial charge >= 0.3 is 0 Å². The maximum Gasteiger partial charge on any atom is 0.259 e. The number of hydrogen-bond donors (Lipinski definition) is 1. The van der Waals surface area contributed by atoms with Crippen molar-refractivity contribution in [1.82, 2.24) is 5.32 Å². The molecule has 1 N–H and O–H groups in total. The van der Waals surface area contributed by atoms with Gasteiger partial charge in [0.05, 0.1) is 11.3 Å². The molecule has 3 atom stereocenters. The minimum atomic E-state index is -0.0680. The van der Waals surface area contributed by atoms with E-state index in [-0.39, 0.29) is 17.9 Å². The van der Waals surface area contributed by atoms with Crippen LogP contribution < -0.4 is 10.2 Å². The molecule has 0 radical (unpaired) electrons. The fourth-order valence-corrected chi connectivity index (χ4v) is 5.47. The van der Waals surface area contributed by atoms with Crippen molar-refractivity contribution in [2.45, 2.75) is 48.9 Å². The monoisotopic (exact) mass is 420 g/mol. The van der Waals surface area contributed by atoms with E-state index >= 15 is 0 Å². The standard InChI is InChI=1S/C25H28N2O2S/c1-4-14-27-21-15-18(24(28)26-20-10-7-8-16(2)17(20)3)12-13-23(21)30-22-11-6-5-9-19(22)25(27)29/h4-6,9,11-13,15-17,20H,1,7-8,10,14H2,2-3H3,(H,26,28). The van der Waals surface area contributed by atoms with Crippen LogP contribution in [0.5, 0.6) is 0 Å². The molecule has 5 heteroatoms. The number of carbonyl (C=O) groups is 2. The van der Waals surface area contributed by atoms with Crippen LogP contribution in [0, 0.1) is 11.8 Å². The van der Waals surface area contributed by atoms with Gasteiger partial charge in [-0.15, -0.1) is 6.58 Å². The van der Waals surface area contributed by atoms with E-state index < -0.39 is 0 Å². The number of hydrogen-bond acceptors (Lipinski definition) is 3. The van der Waals surface area contributed by atoms with E-state index in [9.17, 15) is 9.59 Å². The first-order valence-electron chi connectivity index (χ1n) is 10.6. The van der Waals surface area contributed by atoms with Gasteiger partial charge in [-0.1, -0.05) is 56.7 Å². The molecule has 2 aromatic rings. The Balaban J connectivity index is 1.65. The van der Waals surface area contributed by atoms with Gasteiger partial charge in [-0.25, -0.2) is 0 Å². The van der Waals surface area contributed by atoms with E-state index in [0.29, 0.717) is 29.5 Å². The Bertz CT molecular complexity index is 987. The van der Waals surface area contributed by atoms with Gasteiger partial charge in [0.25, 0.3) is 11.8 Å². The normalized spacial score (nSPS) is 23.2. The lowest BCUT2D eigenvalue weighted by molar-refractivity contribution is 0.0890. The summed E-state index contributed by atoms with van der Waals surface area (Å²) in [5, 5.41) is 3.24. The summed E-state index contributed by atoms with van der Waals surface area (Å²) in [5.74, 6) is 0.949. The van der Waals surface area contributed by atoms with Gasteiger partial charge in [0.1, 0.15) is 0 Å². The fourth-order valence-electron chi connectivity index (χ4n) is 4.41. The highest BCUT2D eigenvalue weighted by Crippen LogP contribution is 2.41. The lowest BCUT2D eigenvalue weighted by Crippen LogP contribution is -2.43. The second kappa shape index (κ2) is 8.68. The number of fused-ring (bicyclic) bond motifs is 2. The first kappa shape index (κ1) is 20.7. The van der Waals surface area contributed by atoms with Crippen LogP contribution in [0.25, 0.3) is 0 Å². The van der Waals surface area contributed by atoms with Crippen LogP contribution in [0.3, 0.4) is 0 Å². The molecular formula is C25H28N2O2S. The quantitative estimate of drug-likeness (QED) is 0.661. The number of rotatable bonds is 4. The van der Waals surface area contributed by atoms with Crippen molar-refractivity contribution in [3.8, 4) is 0 Å². The molecule has 3 unspecified atom stereocenters. The van der Waals surface area contributed by atoms with Crippen LogP contribution in [0.4, 0.5) is 5.69 Å². The van der Waals surface area contributed by atoms with Crippen molar-refractivity contribution in [1.29, 1.82) is 0 Å². The third-order valence-electron chi connectivity index (χ3n) is 6.43. The zero-order valence-electron chi connectivity index (χ0n) is 17.6. The zero-order valence-corrected chi connectivity index (χ0v) is 18.4. The van der Waals surface area contributed by atoms with Crippen molar-refractivity contribution < 1.29 is 9.59 Å². The van der Waals surface area contributed by atoms with E-state index in [4.69, 9.17) is 0 Å². The molecule has 1 saturated carbocycles. The number of nitrogens with zero attached hydrogens (tertiary/aromatic N) is 1. The molecule has 4 rings (SSSR count). The predicted molar refractivity (Wildman–Crippen MR) is 122 cm³/mol. The SMILES string of the molecule is C=CCN1C(=O)c2ccccc2Sc2ccc(C(=O)NC3CCCC(C)C3C)cc21. The molecule has 4 nitrogen and oxygen atoms in total. The lowest BCUT2D eigenvalue weighted by Gasteiger charge is -2.34. The van der Waals surface area contributed by atoms with Gasteiger partial charge in [-0.3, -0.25) is 9.59 Å². The molecule has 156 valence electrons. The Labute approximate surface area is 182 Å². The molecule has 0 saturated heterocycles. The fraction of sp³-hybridized carbons (Fsp3) is 0.360. The molecule has 1 heterocycles. The van der Waals surface area contributed by atoms with E-state index in [0.717, 1.165) is 28.3 Å². The van der Waals surface area contributed by atoms with Crippen LogP contribution in [-0.2, 0) is 0 Å². The average molecular weight is 421 g/mol. The van der Waals surface area contributed by atoms with E-state index in [1.54, 1.807) is 22.7 Å². The Morgan fingerprint density at radius 2 is 2.00 bits per heavy atom. The van der Waals surface area contributed by atoms with Gasteiger partial charge in [0.15, 0.2) is 0 Å². The second-order valence-corrected chi connectivity index (χ2v) is 9.42. The summed E-state index contributed by atoms with van der Waals surface area (Å²) >= 11 is 1.56. The third kappa shape index (κ3) is 3.91. The van der Waals surface area contributed by atoms with E-state index in [1.807, 2.05) is 42.5 Å². The number of anilines is 1. The van der Waals surface area contributed by atoms with E-state index in [1.165, 1.54) is 6.42 Å². The summed E-state index contributed by atoms with van der Waals surface area (Å²) in [6, 6.07) is 13.5. The topological polar surface area (TPSA) is 49.4 Å². The molecule has 30 heavy (non-hydrogen) atoms. The molecule has 0 bridgehead atoms. The Kier molecular flexibility index (Phi) is 6.00. The maximum absolute atomic E-state index is 13.2. The molecule has 2 aromatic carbocycles. The summed E-state index contributed by atoms with van der Waals surface area (Å²) in [6.07, 6.45) is 5.12. The highest BCUT2D eigenvalue weighted by molar-refractivity contribution is 7.99. The Morgan fingerprint density at radius 1 is 1.20 bits per heavy atom. The van der Waals surface area contributed by atoms with Crippen LogP contribution >= 0.6 is 11.8 Å². The van der Waals surface area contributed by atoms with Crippen LogP contribution in [0.2, 0.25) is 0 Å². The first-order chi connectivity index (χ1) is 14.5. The van der Waals surface area contributed by atoms with Gasteiger partial charge in [-0.05, 0) is 48.6 Å². The predicted octanol–water partition coefficient (Wildman–Crippen LogP) is 5.54. The zero-order chi connectivity index (χ0) is 21.3. The van der Waals surface area contributed by atoms with Gasteiger partial charge < -0.3 is 10.2 Å². The van der Waals surface area contributed by atoms with Crippen LogP contribution in [-0.4, -0.2) is 24.4 Å². The van der Waals surface area contributed by atoms with Gasteiger partial charge in [0, 0.05) is 27.9 Å².